The van der Waals surface area contributed by atoms with Gasteiger partial charge in [-0.25, -0.2) is 17.6 Å². The van der Waals surface area contributed by atoms with Gasteiger partial charge in [0.1, 0.15) is 17.4 Å². The lowest BCUT2D eigenvalue weighted by atomic mass is 10.1. The van der Waals surface area contributed by atoms with Crippen LogP contribution in [0.5, 0.6) is 5.75 Å². The monoisotopic (exact) mass is 486 g/mol. The normalized spacial score (nSPS) is 10.4. The van der Waals surface area contributed by atoms with E-state index >= 15 is 0 Å². The maximum atomic E-state index is 14.6. The predicted molar refractivity (Wildman–Crippen MR) is 134 cm³/mol. The first-order valence-electron chi connectivity index (χ1n) is 11.6. The molecule has 4 rings (SSSR count). The number of rotatable bonds is 5. The number of hydrogen-bond donors (Lipinski definition) is 0. The van der Waals surface area contributed by atoms with Gasteiger partial charge in [-0.1, -0.05) is 49.5 Å². The van der Waals surface area contributed by atoms with Gasteiger partial charge in [-0.05, 0) is 71.8 Å². The maximum Gasteiger partial charge on any atom is 0.159 e. The minimum absolute atomic E-state index is 0.154. The fourth-order valence-corrected chi connectivity index (χ4v) is 3.52. The highest BCUT2D eigenvalue weighted by atomic mass is 19.2. The summed E-state index contributed by atoms with van der Waals surface area (Å²) in [7, 11) is 0. The molecule has 0 aliphatic carbocycles. The van der Waals surface area contributed by atoms with Crippen LogP contribution in [0, 0.1) is 47.0 Å². The van der Waals surface area contributed by atoms with E-state index in [1.165, 1.54) is 24.3 Å². The molecule has 1 nitrogen and oxygen atoms in total. The highest BCUT2D eigenvalue weighted by Crippen LogP contribution is 2.20. The number of ether oxygens (including phenoxy) is 1. The number of unbranched alkanes of at least 4 members (excludes halogenated alkanes) is 2. The van der Waals surface area contributed by atoms with Gasteiger partial charge in [-0.2, -0.15) is 0 Å². The third-order valence-corrected chi connectivity index (χ3v) is 5.49. The minimum atomic E-state index is -0.943. The van der Waals surface area contributed by atoms with Crippen LogP contribution in [0.25, 0.3) is 10.8 Å². The lowest BCUT2D eigenvalue weighted by Gasteiger charge is -2.06. The third-order valence-electron chi connectivity index (χ3n) is 5.49. The first-order valence-corrected chi connectivity index (χ1v) is 11.6. The predicted octanol–water partition coefficient (Wildman–Crippen LogP) is 7.76. The second-order valence-corrected chi connectivity index (χ2v) is 8.22. The average Bonchev–Trinajstić information content (AvgIpc) is 2.86. The quantitative estimate of drug-likeness (QED) is 0.159. The van der Waals surface area contributed by atoms with E-state index in [-0.39, 0.29) is 11.1 Å². The fourth-order valence-electron chi connectivity index (χ4n) is 3.52. The van der Waals surface area contributed by atoms with Crippen LogP contribution < -0.4 is 4.74 Å². The van der Waals surface area contributed by atoms with Gasteiger partial charge in [0.05, 0.1) is 17.7 Å². The van der Waals surface area contributed by atoms with E-state index in [0.717, 1.165) is 31.4 Å². The molecule has 4 aromatic carbocycles. The molecule has 0 spiro atoms. The fraction of sp³-hybridized carbons (Fsp3) is 0.161. The summed E-state index contributed by atoms with van der Waals surface area (Å²) in [6, 6.07) is 15.9. The van der Waals surface area contributed by atoms with Gasteiger partial charge in [-0.15, -0.1) is 0 Å². The molecule has 36 heavy (non-hydrogen) atoms. The van der Waals surface area contributed by atoms with Gasteiger partial charge in [0.15, 0.2) is 11.6 Å². The van der Waals surface area contributed by atoms with Gasteiger partial charge in [0.25, 0.3) is 0 Å². The molecule has 0 fully saturated rings. The summed E-state index contributed by atoms with van der Waals surface area (Å²) < 4.78 is 61.4. The summed E-state index contributed by atoms with van der Waals surface area (Å²) in [5.41, 5.74) is 1.25. The zero-order valence-corrected chi connectivity index (χ0v) is 19.6. The van der Waals surface area contributed by atoms with Crippen LogP contribution in [-0.4, -0.2) is 6.61 Å². The Morgan fingerprint density at radius 3 is 1.86 bits per heavy atom. The molecule has 0 aliphatic rings. The average molecular weight is 487 g/mol. The van der Waals surface area contributed by atoms with Crippen molar-refractivity contribution in [2.45, 2.75) is 26.2 Å². The Labute approximate surface area is 207 Å². The first-order chi connectivity index (χ1) is 17.4. The van der Waals surface area contributed by atoms with Crippen molar-refractivity contribution in [1.82, 2.24) is 0 Å². The van der Waals surface area contributed by atoms with Crippen LogP contribution in [0.3, 0.4) is 0 Å². The Bertz CT molecular complexity index is 1530. The van der Waals surface area contributed by atoms with Gasteiger partial charge in [0.2, 0.25) is 0 Å². The van der Waals surface area contributed by atoms with Crippen molar-refractivity contribution in [3.63, 3.8) is 0 Å². The van der Waals surface area contributed by atoms with Crippen molar-refractivity contribution in [2.75, 3.05) is 6.61 Å². The molecule has 0 amide bonds. The summed E-state index contributed by atoms with van der Waals surface area (Å²) in [5, 5.41) is 1.04. The largest absolute Gasteiger partial charge is 0.493 e. The van der Waals surface area contributed by atoms with Crippen molar-refractivity contribution in [1.29, 1.82) is 0 Å². The van der Waals surface area contributed by atoms with Crippen LogP contribution in [0.1, 0.15) is 48.4 Å². The molecule has 0 radical (unpaired) electrons. The SMILES string of the molecule is CCCCCOc1ccc(C#Cc2ccc(C#Cc3ccc4cc(F)c(F)cc4c3)c(F)c2)c(F)c1. The topological polar surface area (TPSA) is 9.23 Å². The van der Waals surface area contributed by atoms with Gasteiger partial charge < -0.3 is 4.74 Å². The Hall–Kier alpha value is -4.22. The van der Waals surface area contributed by atoms with Gasteiger partial charge in [-0.3, -0.25) is 0 Å². The Kier molecular flexibility index (Phi) is 7.93. The second kappa shape index (κ2) is 11.5. The maximum absolute atomic E-state index is 14.6. The Morgan fingerprint density at radius 2 is 1.19 bits per heavy atom. The summed E-state index contributed by atoms with van der Waals surface area (Å²) >= 11 is 0. The standard InChI is InChI=1S/C31H22F4O/c1-2-3-4-15-36-27-14-13-24(29(33)20-27)11-7-22-6-10-23(28(32)17-22)9-5-21-8-12-25-18-30(34)31(35)19-26(25)16-21/h6,8,10,12-14,16-20H,2-4,15H2,1H3. The molecule has 0 bridgehead atoms. The van der Waals surface area contributed by atoms with Crippen molar-refractivity contribution in [3.05, 3.63) is 112 Å². The van der Waals surface area contributed by atoms with Crippen LogP contribution in [0.4, 0.5) is 17.6 Å². The highest BCUT2D eigenvalue weighted by Gasteiger charge is 2.05. The van der Waals surface area contributed by atoms with E-state index in [9.17, 15) is 17.6 Å². The summed E-state index contributed by atoms with van der Waals surface area (Å²) in [6.07, 6.45) is 3.05. The van der Waals surface area contributed by atoms with Crippen LogP contribution in [0.15, 0.2) is 66.7 Å². The van der Waals surface area contributed by atoms with E-state index in [0.29, 0.717) is 34.3 Å². The molecule has 0 aliphatic heterocycles. The van der Waals surface area contributed by atoms with Gasteiger partial charge >= 0.3 is 0 Å². The zero-order valence-electron chi connectivity index (χ0n) is 19.6. The Morgan fingerprint density at radius 1 is 0.583 bits per heavy atom. The summed E-state index contributed by atoms with van der Waals surface area (Å²) in [4.78, 5) is 0. The third kappa shape index (κ3) is 6.26. The first kappa shape index (κ1) is 24.9. The molecule has 4 aromatic rings. The zero-order chi connectivity index (χ0) is 25.5. The smallest absolute Gasteiger partial charge is 0.159 e. The molecule has 0 aromatic heterocycles. The molecule has 0 unspecified atom stereocenters. The number of halogens is 4. The van der Waals surface area contributed by atoms with E-state index in [1.54, 1.807) is 30.3 Å². The Balaban J connectivity index is 1.47. The van der Waals surface area contributed by atoms with Crippen LogP contribution in [-0.2, 0) is 0 Å². The molecule has 0 saturated heterocycles. The summed E-state index contributed by atoms with van der Waals surface area (Å²) in [6.45, 7) is 2.63. The van der Waals surface area contributed by atoms with Crippen LogP contribution in [0.2, 0.25) is 0 Å². The van der Waals surface area contributed by atoms with E-state index in [1.807, 2.05) is 0 Å². The second-order valence-electron chi connectivity index (χ2n) is 8.22. The lowest BCUT2D eigenvalue weighted by Crippen LogP contribution is -1.97. The molecular formula is C31H22F4O. The molecule has 5 heteroatoms. The van der Waals surface area contributed by atoms with Crippen LogP contribution >= 0.6 is 0 Å². The van der Waals surface area contributed by atoms with E-state index in [4.69, 9.17) is 4.74 Å². The molecule has 0 saturated carbocycles. The molecular weight excluding hydrogens is 464 g/mol. The van der Waals surface area contributed by atoms with Gasteiger partial charge in [0, 0.05) is 17.2 Å². The number of fused-ring (bicyclic) bond motifs is 1. The van der Waals surface area contributed by atoms with Crippen molar-refractivity contribution < 1.29 is 22.3 Å². The van der Waals surface area contributed by atoms with Crippen molar-refractivity contribution in [2.24, 2.45) is 0 Å². The minimum Gasteiger partial charge on any atom is -0.493 e. The molecule has 0 heterocycles. The number of benzene rings is 4. The summed E-state index contributed by atoms with van der Waals surface area (Å²) in [5.74, 6) is 8.59. The molecule has 0 atom stereocenters. The number of hydrogen-bond acceptors (Lipinski definition) is 1. The highest BCUT2D eigenvalue weighted by molar-refractivity contribution is 5.84. The molecule has 180 valence electrons. The molecule has 0 N–H and O–H groups in total. The van der Waals surface area contributed by atoms with E-state index < -0.39 is 23.3 Å². The van der Waals surface area contributed by atoms with Crippen molar-refractivity contribution in [3.8, 4) is 29.4 Å². The van der Waals surface area contributed by atoms with Crippen molar-refractivity contribution >= 4 is 10.8 Å². The lowest BCUT2D eigenvalue weighted by molar-refractivity contribution is 0.305. The van der Waals surface area contributed by atoms with E-state index in [2.05, 4.69) is 30.6 Å².